The van der Waals surface area contributed by atoms with Gasteiger partial charge < -0.3 is 14.2 Å². The number of carbonyl (C=O) groups excluding carboxylic acids is 3. The van der Waals surface area contributed by atoms with Crippen LogP contribution in [0.1, 0.15) is 297 Å². The number of ether oxygens (including phenoxy) is 3. The van der Waals surface area contributed by atoms with Crippen LogP contribution in [0.5, 0.6) is 0 Å². The SMILES string of the molecule is CCCCCCCCC/C=C\C=C/CCCCCC(=O)OC(COC(=O)CCCCCCCCCCC)COC(=O)CCCCCCCCCCCCCCCCCCCCC. The maximum Gasteiger partial charge on any atom is 0.306 e. The molecule has 364 valence electrons. The van der Waals surface area contributed by atoms with Crippen molar-refractivity contribution in [2.45, 2.75) is 303 Å². The lowest BCUT2D eigenvalue weighted by molar-refractivity contribution is -0.167. The second kappa shape index (κ2) is 51.5. The van der Waals surface area contributed by atoms with Gasteiger partial charge in [-0.2, -0.15) is 0 Å². The van der Waals surface area contributed by atoms with Crippen LogP contribution in [0, 0.1) is 0 Å². The molecule has 6 heteroatoms. The summed E-state index contributed by atoms with van der Waals surface area (Å²) in [5.74, 6) is -0.890. The van der Waals surface area contributed by atoms with E-state index in [0.717, 1.165) is 70.6 Å². The predicted molar refractivity (Wildman–Crippen MR) is 266 cm³/mol. The van der Waals surface area contributed by atoms with Crippen LogP contribution >= 0.6 is 0 Å². The Balaban J connectivity index is 4.28. The van der Waals surface area contributed by atoms with Crippen molar-refractivity contribution in [3.63, 3.8) is 0 Å². The van der Waals surface area contributed by atoms with Crippen LogP contribution in [0.25, 0.3) is 0 Å². The minimum absolute atomic E-state index is 0.0771. The molecule has 0 bridgehead atoms. The van der Waals surface area contributed by atoms with Crippen molar-refractivity contribution in [2.24, 2.45) is 0 Å². The first kappa shape index (κ1) is 59.9. The Labute approximate surface area is 385 Å². The number of hydrogen-bond donors (Lipinski definition) is 0. The Bertz CT molecular complexity index is 1000. The molecule has 0 aromatic rings. The highest BCUT2D eigenvalue weighted by molar-refractivity contribution is 5.71. The van der Waals surface area contributed by atoms with E-state index in [-0.39, 0.29) is 31.1 Å². The molecule has 0 radical (unpaired) electrons. The van der Waals surface area contributed by atoms with Gasteiger partial charge in [0.2, 0.25) is 0 Å². The fourth-order valence-corrected chi connectivity index (χ4v) is 8.08. The largest absolute Gasteiger partial charge is 0.462 e. The molecule has 6 nitrogen and oxygen atoms in total. The van der Waals surface area contributed by atoms with E-state index in [1.807, 2.05) is 0 Å². The maximum atomic E-state index is 12.8. The standard InChI is InChI=1S/C56H104O6/c1-4-7-10-13-16-19-21-23-25-27-28-29-31-32-34-37-40-43-46-49-55(58)61-52-53(51-60-54(57)48-45-42-39-36-18-15-12-9-6-3)62-56(59)50-47-44-41-38-35-33-30-26-24-22-20-17-14-11-8-5-2/h26,30,33,35,53H,4-25,27-29,31-32,34,36-52H2,1-3H3/b30-26-,35-33-. The molecule has 0 aromatic heterocycles. The van der Waals surface area contributed by atoms with Crippen LogP contribution in [0.15, 0.2) is 24.3 Å². The van der Waals surface area contributed by atoms with E-state index in [1.54, 1.807) is 0 Å². The summed E-state index contributed by atoms with van der Waals surface area (Å²) in [7, 11) is 0. The van der Waals surface area contributed by atoms with Crippen LogP contribution in [-0.2, 0) is 28.6 Å². The van der Waals surface area contributed by atoms with Crippen LogP contribution in [0.3, 0.4) is 0 Å². The first-order valence-electron chi connectivity index (χ1n) is 27.4. The van der Waals surface area contributed by atoms with Crippen LogP contribution in [0.2, 0.25) is 0 Å². The smallest absolute Gasteiger partial charge is 0.306 e. The number of rotatable bonds is 50. The molecule has 0 heterocycles. The van der Waals surface area contributed by atoms with Gasteiger partial charge in [-0.15, -0.1) is 0 Å². The highest BCUT2D eigenvalue weighted by Crippen LogP contribution is 2.16. The van der Waals surface area contributed by atoms with Gasteiger partial charge in [0.15, 0.2) is 6.10 Å². The van der Waals surface area contributed by atoms with Crippen LogP contribution < -0.4 is 0 Å². The molecular weight excluding hydrogens is 769 g/mol. The molecule has 62 heavy (non-hydrogen) atoms. The lowest BCUT2D eigenvalue weighted by Crippen LogP contribution is -2.30. The minimum Gasteiger partial charge on any atom is -0.462 e. The van der Waals surface area contributed by atoms with Gasteiger partial charge in [0.25, 0.3) is 0 Å². The molecule has 1 atom stereocenters. The van der Waals surface area contributed by atoms with Gasteiger partial charge in [-0.25, -0.2) is 0 Å². The molecule has 0 aliphatic heterocycles. The number of hydrogen-bond acceptors (Lipinski definition) is 6. The average molecular weight is 873 g/mol. The zero-order valence-corrected chi connectivity index (χ0v) is 41.7. The van der Waals surface area contributed by atoms with Crippen molar-refractivity contribution >= 4 is 17.9 Å². The molecule has 1 unspecified atom stereocenters. The van der Waals surface area contributed by atoms with Gasteiger partial charge in [0, 0.05) is 19.3 Å². The van der Waals surface area contributed by atoms with E-state index in [9.17, 15) is 14.4 Å². The number of carbonyl (C=O) groups is 3. The third-order valence-corrected chi connectivity index (χ3v) is 12.2. The Morgan fingerprint density at radius 1 is 0.323 bits per heavy atom. The van der Waals surface area contributed by atoms with Crippen molar-refractivity contribution in [2.75, 3.05) is 13.2 Å². The Morgan fingerprint density at radius 3 is 0.871 bits per heavy atom. The van der Waals surface area contributed by atoms with Crippen LogP contribution in [-0.4, -0.2) is 37.2 Å². The summed E-state index contributed by atoms with van der Waals surface area (Å²) >= 11 is 0. The lowest BCUT2D eigenvalue weighted by Gasteiger charge is -2.18. The summed E-state index contributed by atoms with van der Waals surface area (Å²) in [5.41, 5.74) is 0. The van der Waals surface area contributed by atoms with Crippen LogP contribution in [0.4, 0.5) is 0 Å². The van der Waals surface area contributed by atoms with Crippen molar-refractivity contribution in [1.29, 1.82) is 0 Å². The van der Waals surface area contributed by atoms with E-state index in [0.29, 0.717) is 19.3 Å². The predicted octanol–water partition coefficient (Wildman–Crippen LogP) is 17.9. The summed E-state index contributed by atoms with van der Waals surface area (Å²) in [6, 6.07) is 0. The van der Waals surface area contributed by atoms with E-state index >= 15 is 0 Å². The normalized spacial score (nSPS) is 12.1. The van der Waals surface area contributed by atoms with E-state index < -0.39 is 6.10 Å². The fraction of sp³-hybridized carbons (Fsp3) is 0.875. The molecule has 0 saturated carbocycles. The quantitative estimate of drug-likeness (QED) is 0.0262. The topological polar surface area (TPSA) is 78.9 Å². The zero-order chi connectivity index (χ0) is 45.1. The Kier molecular flexibility index (Phi) is 49.8. The third-order valence-electron chi connectivity index (χ3n) is 12.2. The van der Waals surface area contributed by atoms with Crippen molar-refractivity contribution < 1.29 is 28.6 Å². The summed E-state index contributed by atoms with van der Waals surface area (Å²) in [4.78, 5) is 37.9. The third kappa shape index (κ3) is 48.9. The highest BCUT2D eigenvalue weighted by Gasteiger charge is 2.19. The monoisotopic (exact) mass is 873 g/mol. The molecule has 0 aliphatic rings. The van der Waals surface area contributed by atoms with Gasteiger partial charge in [-0.1, -0.05) is 257 Å². The summed E-state index contributed by atoms with van der Waals surface area (Å²) < 4.78 is 16.8. The molecule has 0 spiro atoms. The number of esters is 3. The maximum absolute atomic E-state index is 12.8. The average Bonchev–Trinajstić information content (AvgIpc) is 3.27. The first-order valence-corrected chi connectivity index (χ1v) is 27.4. The summed E-state index contributed by atoms with van der Waals surface area (Å²) in [5, 5.41) is 0. The van der Waals surface area contributed by atoms with Crippen molar-refractivity contribution in [3.05, 3.63) is 24.3 Å². The first-order chi connectivity index (χ1) is 30.5. The Morgan fingerprint density at radius 2 is 0.565 bits per heavy atom. The van der Waals surface area contributed by atoms with Crippen molar-refractivity contribution in [3.8, 4) is 0 Å². The molecule has 0 fully saturated rings. The molecule has 0 aromatic carbocycles. The van der Waals surface area contributed by atoms with Gasteiger partial charge in [-0.3, -0.25) is 14.4 Å². The molecule has 0 rings (SSSR count). The van der Waals surface area contributed by atoms with E-state index in [4.69, 9.17) is 14.2 Å². The molecule has 0 saturated heterocycles. The van der Waals surface area contributed by atoms with E-state index in [2.05, 4.69) is 45.1 Å². The second-order valence-corrected chi connectivity index (χ2v) is 18.5. The summed E-state index contributed by atoms with van der Waals surface area (Å²) in [6.07, 6.45) is 58.9. The molecule has 0 N–H and O–H groups in total. The highest BCUT2D eigenvalue weighted by atomic mass is 16.6. The summed E-state index contributed by atoms with van der Waals surface area (Å²) in [6.45, 7) is 6.63. The number of allylic oxidation sites excluding steroid dienone is 4. The zero-order valence-electron chi connectivity index (χ0n) is 41.7. The van der Waals surface area contributed by atoms with Gasteiger partial charge in [0.1, 0.15) is 13.2 Å². The molecule has 0 amide bonds. The van der Waals surface area contributed by atoms with Gasteiger partial charge in [-0.05, 0) is 44.9 Å². The number of unbranched alkanes of at least 4 members (excludes halogenated alkanes) is 36. The van der Waals surface area contributed by atoms with E-state index in [1.165, 1.54) is 186 Å². The van der Waals surface area contributed by atoms with Crippen molar-refractivity contribution in [1.82, 2.24) is 0 Å². The fourth-order valence-electron chi connectivity index (χ4n) is 8.08. The lowest BCUT2D eigenvalue weighted by atomic mass is 10.0. The minimum atomic E-state index is -0.778. The Hall–Kier alpha value is -2.11. The van der Waals surface area contributed by atoms with Gasteiger partial charge >= 0.3 is 17.9 Å². The second-order valence-electron chi connectivity index (χ2n) is 18.5. The molecule has 0 aliphatic carbocycles. The van der Waals surface area contributed by atoms with Gasteiger partial charge in [0.05, 0.1) is 0 Å². The molecular formula is C56H104O6.